The lowest BCUT2D eigenvalue weighted by atomic mass is 10.0. The number of amides is 2. The van der Waals surface area contributed by atoms with Crippen molar-refractivity contribution in [2.24, 2.45) is 0 Å². The second-order valence-electron chi connectivity index (χ2n) is 19.0. The highest BCUT2D eigenvalue weighted by molar-refractivity contribution is 5.76. The molecule has 0 fully saturated rings. The van der Waals surface area contributed by atoms with E-state index in [1.165, 1.54) is 186 Å². The Bertz CT molecular complexity index is 924. The van der Waals surface area contributed by atoms with Crippen LogP contribution in [0.5, 0.6) is 0 Å². The molecule has 69 heavy (non-hydrogen) atoms. The molecule has 420 valence electrons. The minimum atomic E-state index is -1.29. The second kappa shape index (κ2) is 68.6. The van der Waals surface area contributed by atoms with Crippen LogP contribution in [0, 0.1) is 0 Å². The molecule has 0 saturated carbocycles. The van der Waals surface area contributed by atoms with Crippen molar-refractivity contribution in [1.82, 2.24) is 42.5 Å². The van der Waals surface area contributed by atoms with E-state index in [1.807, 2.05) is 14.1 Å². The van der Waals surface area contributed by atoms with E-state index in [0.29, 0.717) is 25.4 Å². The smallest absolute Gasteiger partial charge is 0.219 e. The van der Waals surface area contributed by atoms with Crippen molar-refractivity contribution in [3.05, 3.63) is 0 Å². The van der Waals surface area contributed by atoms with Gasteiger partial charge in [0.05, 0.1) is 6.17 Å². The maximum Gasteiger partial charge on any atom is 0.219 e. The molecule has 16 N–H and O–H groups in total. The number of carbonyl (C=O) groups is 2. The molecule has 0 aliphatic rings. The summed E-state index contributed by atoms with van der Waals surface area (Å²) in [6, 6.07) is 0. The van der Waals surface area contributed by atoms with Gasteiger partial charge in [0, 0.05) is 25.9 Å². The molecule has 0 bridgehead atoms. The molecule has 0 heterocycles. The molecule has 0 saturated heterocycles. The quantitative estimate of drug-likeness (QED) is 0.0216. The third kappa shape index (κ3) is 70.8. The molecule has 0 aromatic heterocycles. The van der Waals surface area contributed by atoms with Gasteiger partial charge in [-0.3, -0.25) is 9.59 Å². The molecule has 0 unspecified atom stereocenters. The summed E-state index contributed by atoms with van der Waals surface area (Å²) in [5.41, 5.74) is 0. The summed E-state index contributed by atoms with van der Waals surface area (Å²) in [4.78, 5) is 23.4. The van der Waals surface area contributed by atoms with Crippen molar-refractivity contribution in [2.45, 2.75) is 257 Å². The van der Waals surface area contributed by atoms with Crippen LogP contribution < -0.4 is 42.5 Å². The molecule has 0 aromatic carbocycles. The molecule has 0 radical (unpaired) electrons. The van der Waals surface area contributed by atoms with Gasteiger partial charge in [0.1, 0.15) is 0 Å². The van der Waals surface area contributed by atoms with Gasteiger partial charge in [0.25, 0.3) is 0 Å². The monoisotopic (exact) mass is 995 g/mol. The fourth-order valence-electron chi connectivity index (χ4n) is 8.08. The van der Waals surface area contributed by atoms with Gasteiger partial charge in [-0.25, -0.2) is 0 Å². The topological polar surface area (TPSA) is 265 Å². The molecular weight excluding hydrogens is 873 g/mol. The molecule has 0 spiro atoms. The van der Waals surface area contributed by atoms with Crippen LogP contribution in [0.1, 0.15) is 245 Å². The number of aliphatic hydroxyl groups is 2. The fourth-order valence-corrected chi connectivity index (χ4v) is 8.08. The van der Waals surface area contributed by atoms with Crippen LogP contribution in [0.2, 0.25) is 0 Å². The number of rotatable bonds is 54. The van der Waals surface area contributed by atoms with Crippen LogP contribution in [0.3, 0.4) is 0 Å². The third-order valence-corrected chi connectivity index (χ3v) is 12.4. The normalized spacial score (nSPS) is 10.9. The van der Waals surface area contributed by atoms with Crippen molar-refractivity contribution in [1.29, 1.82) is 0 Å². The number of hydrogen-bond acceptors (Lipinski definition) is 10. The first-order chi connectivity index (χ1) is 32.4. The number of hydrogen-bond donors (Lipinski definition) is 10. The second-order valence-corrected chi connectivity index (χ2v) is 19.0. The number of unbranched alkanes of at least 4 members (excludes halogenated alkanes) is 24. The zero-order valence-electron chi connectivity index (χ0n) is 45.9. The highest BCUT2D eigenvalue weighted by Crippen LogP contribution is 2.14. The van der Waals surface area contributed by atoms with Crippen molar-refractivity contribution in [3.63, 3.8) is 0 Å². The lowest BCUT2D eigenvalue weighted by Gasteiger charge is -2.21. The Kier molecular flexibility index (Phi) is 75.9. The predicted molar refractivity (Wildman–Crippen MR) is 296 cm³/mol. The summed E-state index contributed by atoms with van der Waals surface area (Å²) < 4.78 is 0. The molecule has 15 nitrogen and oxygen atoms in total. The largest absolute Gasteiger partial charge is 0.412 e. The van der Waals surface area contributed by atoms with E-state index in [1.54, 1.807) is 0 Å². The molecule has 0 atom stereocenters. The average Bonchev–Trinajstić information content (AvgIpc) is 3.31. The molecule has 2 amide bonds. The first kappa shape index (κ1) is 76.4. The average molecular weight is 996 g/mol. The molecule has 0 aliphatic carbocycles. The van der Waals surface area contributed by atoms with E-state index in [9.17, 15) is 9.59 Å². The molecule has 0 aliphatic heterocycles. The van der Waals surface area contributed by atoms with Gasteiger partial charge < -0.3 is 69.2 Å². The SMILES string of the molecule is CCCCCCC(=O)NCCCCCCC(NCCCCNCCCNC)NCCCCNCCCNC.CCCCCCCCCCCCCCCCCCCNC(=O)CCCC(O)O.O.O.O. The standard InChI is InChI=1S/C30H67N7O.C24H49NO3.3H2O/c1-4-5-6-10-19-30(38)37-28-11-8-7-9-18-29(35-26-14-12-22-33-24-16-20-31-2)36-27-15-13-23-34-25-17-21-32-3;1-2-3-4-5-6-7-8-9-10-11-12-13-14-15-16-17-18-22-25-23(26)20-19-21-24(27)28;;;/h29,31-36H,4-28H2,1-3H3,(H,37,38);24,27-28H,2-22H2,1H3,(H,25,26);3*1H2. The maximum atomic E-state index is 11.9. The first-order valence-corrected chi connectivity index (χ1v) is 28.5. The number of nitrogens with one attached hydrogen (secondary N) is 8. The van der Waals surface area contributed by atoms with Crippen LogP contribution in [0.15, 0.2) is 0 Å². The molecule has 0 aromatic rings. The number of aliphatic hydroxyl groups excluding tert-OH is 1. The third-order valence-electron chi connectivity index (χ3n) is 12.4. The van der Waals surface area contributed by atoms with Gasteiger partial charge in [0.15, 0.2) is 6.29 Å². The summed E-state index contributed by atoms with van der Waals surface area (Å²) >= 11 is 0. The Hall–Kier alpha value is -1.50. The lowest BCUT2D eigenvalue weighted by Crippen LogP contribution is -2.43. The summed E-state index contributed by atoms with van der Waals surface area (Å²) in [7, 11) is 4.02. The fraction of sp³-hybridized carbons (Fsp3) is 0.963. The highest BCUT2D eigenvalue weighted by Gasteiger charge is 2.08. The van der Waals surface area contributed by atoms with Gasteiger partial charge in [-0.1, -0.05) is 155 Å². The van der Waals surface area contributed by atoms with Crippen molar-refractivity contribution in [2.75, 3.05) is 79.5 Å². The van der Waals surface area contributed by atoms with E-state index in [-0.39, 0.29) is 34.7 Å². The Morgan fingerprint density at radius 3 is 1.06 bits per heavy atom. The van der Waals surface area contributed by atoms with Crippen LogP contribution in [0.4, 0.5) is 0 Å². The summed E-state index contributed by atoms with van der Waals surface area (Å²) in [5, 5.41) is 44.5. The minimum absolute atomic E-state index is 0. The Labute approximate surface area is 426 Å². The summed E-state index contributed by atoms with van der Waals surface area (Å²) in [5.74, 6) is 0.257. The minimum Gasteiger partial charge on any atom is -0.412 e. The Morgan fingerprint density at radius 1 is 0.348 bits per heavy atom. The van der Waals surface area contributed by atoms with Crippen LogP contribution in [0.25, 0.3) is 0 Å². The van der Waals surface area contributed by atoms with Gasteiger partial charge in [0.2, 0.25) is 11.8 Å². The van der Waals surface area contributed by atoms with E-state index >= 15 is 0 Å². The van der Waals surface area contributed by atoms with Crippen molar-refractivity contribution >= 4 is 11.8 Å². The Morgan fingerprint density at radius 2 is 0.667 bits per heavy atom. The zero-order valence-corrected chi connectivity index (χ0v) is 45.9. The summed E-state index contributed by atoms with van der Waals surface area (Å²) in [6.45, 7) is 14.8. The lowest BCUT2D eigenvalue weighted by molar-refractivity contribution is -0.122. The van der Waals surface area contributed by atoms with Crippen molar-refractivity contribution in [3.8, 4) is 0 Å². The van der Waals surface area contributed by atoms with Gasteiger partial charge in [-0.15, -0.1) is 0 Å². The van der Waals surface area contributed by atoms with Crippen molar-refractivity contribution < 1.29 is 36.2 Å². The van der Waals surface area contributed by atoms with Gasteiger partial charge >= 0.3 is 0 Å². The van der Waals surface area contributed by atoms with Gasteiger partial charge in [-0.05, 0) is 144 Å². The Balaban J connectivity index is -0.000000395. The molecule has 0 rings (SSSR count). The van der Waals surface area contributed by atoms with Crippen LogP contribution >= 0.6 is 0 Å². The number of carbonyl (C=O) groups excluding carboxylic acids is 2. The molecule has 15 heteroatoms. The highest BCUT2D eigenvalue weighted by atomic mass is 16.5. The summed E-state index contributed by atoms with van der Waals surface area (Å²) in [6.07, 6.45) is 42.0. The van der Waals surface area contributed by atoms with Gasteiger partial charge in [-0.2, -0.15) is 0 Å². The predicted octanol–water partition coefficient (Wildman–Crippen LogP) is 7.25. The van der Waals surface area contributed by atoms with E-state index in [0.717, 1.165) is 84.7 Å². The molecular formula is C54H122N8O7. The zero-order chi connectivity index (χ0) is 48.5. The van der Waals surface area contributed by atoms with E-state index in [4.69, 9.17) is 10.2 Å². The van der Waals surface area contributed by atoms with Crippen LogP contribution in [-0.2, 0) is 9.59 Å². The van der Waals surface area contributed by atoms with Crippen LogP contribution in [-0.4, -0.2) is 130 Å². The first-order valence-electron chi connectivity index (χ1n) is 28.5. The van der Waals surface area contributed by atoms with E-state index in [2.05, 4.69) is 56.4 Å². The maximum absolute atomic E-state index is 11.9. The van der Waals surface area contributed by atoms with E-state index < -0.39 is 6.29 Å².